The molecule has 0 spiro atoms. The second-order valence-electron chi connectivity index (χ2n) is 7.21. The lowest BCUT2D eigenvalue weighted by molar-refractivity contribution is -0.117. The molecule has 4 rings (SSSR count). The fraction of sp³-hybridized carbons (Fsp3) is 0.350. The molecule has 0 N–H and O–H groups in total. The predicted octanol–water partition coefficient (Wildman–Crippen LogP) is 3.03. The third kappa shape index (κ3) is 3.73. The minimum Gasteiger partial charge on any atom is -0.435 e. The first-order valence-corrected chi connectivity index (χ1v) is 10.8. The Balaban J connectivity index is 1.70. The van der Waals surface area contributed by atoms with E-state index in [2.05, 4.69) is 4.74 Å². The van der Waals surface area contributed by atoms with Crippen molar-refractivity contribution < 1.29 is 26.7 Å². The average Bonchev–Trinajstić information content (AvgIpc) is 3.07. The van der Waals surface area contributed by atoms with Gasteiger partial charge in [0.2, 0.25) is 5.91 Å². The van der Waals surface area contributed by atoms with Crippen LogP contribution < -0.4 is 9.64 Å². The van der Waals surface area contributed by atoms with Crippen molar-refractivity contribution in [3.63, 3.8) is 0 Å². The van der Waals surface area contributed by atoms with Gasteiger partial charge in [0.1, 0.15) is 5.75 Å². The molecule has 2 aliphatic heterocycles. The number of rotatable bonds is 5. The largest absolute Gasteiger partial charge is 0.435 e. The maximum atomic E-state index is 12.8. The summed E-state index contributed by atoms with van der Waals surface area (Å²) < 4.78 is 54.2. The van der Waals surface area contributed by atoms with Crippen LogP contribution >= 0.6 is 0 Å². The molecule has 2 unspecified atom stereocenters. The quantitative estimate of drug-likeness (QED) is 0.764. The minimum atomic E-state index is -3.17. The van der Waals surface area contributed by atoms with Crippen molar-refractivity contribution in [3.8, 4) is 5.75 Å². The van der Waals surface area contributed by atoms with E-state index in [-0.39, 0.29) is 35.5 Å². The van der Waals surface area contributed by atoms with Crippen molar-refractivity contribution in [3.05, 3.63) is 59.7 Å². The Morgan fingerprint density at radius 1 is 1.11 bits per heavy atom. The number of hydrogen-bond acceptors (Lipinski definition) is 4. The molecule has 0 radical (unpaired) electrons. The minimum absolute atomic E-state index is 0.0172. The third-order valence-corrected chi connectivity index (χ3v) is 7.04. The maximum Gasteiger partial charge on any atom is 0.387 e. The number of carbonyl (C=O) groups excluding carboxylic acids is 1. The molecule has 0 aromatic heterocycles. The van der Waals surface area contributed by atoms with E-state index < -0.39 is 22.5 Å². The highest BCUT2D eigenvalue weighted by Gasteiger charge is 2.49. The van der Waals surface area contributed by atoms with E-state index in [0.29, 0.717) is 17.7 Å². The van der Waals surface area contributed by atoms with Gasteiger partial charge < -0.3 is 9.64 Å². The van der Waals surface area contributed by atoms with Crippen LogP contribution in [0.25, 0.3) is 0 Å². The highest BCUT2D eigenvalue weighted by molar-refractivity contribution is 7.91. The molecule has 2 aromatic carbocycles. The topological polar surface area (TPSA) is 63.7 Å². The lowest BCUT2D eigenvalue weighted by Crippen LogP contribution is -2.36. The number of carbonyl (C=O) groups is 1. The fourth-order valence-corrected chi connectivity index (χ4v) is 6.18. The van der Waals surface area contributed by atoms with E-state index in [1.54, 1.807) is 6.07 Å². The summed E-state index contributed by atoms with van der Waals surface area (Å²) in [5.41, 5.74) is 1.94. The van der Waals surface area contributed by atoms with Crippen molar-refractivity contribution in [1.82, 2.24) is 0 Å². The van der Waals surface area contributed by atoms with Gasteiger partial charge in [0.25, 0.3) is 0 Å². The van der Waals surface area contributed by atoms with E-state index in [1.807, 2.05) is 30.3 Å². The second kappa shape index (κ2) is 7.16. The number of fused-ring (bicyclic) bond motifs is 1. The number of amides is 1. The van der Waals surface area contributed by atoms with Crippen LogP contribution in [0.15, 0.2) is 48.5 Å². The zero-order valence-corrected chi connectivity index (χ0v) is 15.7. The van der Waals surface area contributed by atoms with Crippen LogP contribution in [0.3, 0.4) is 0 Å². The molecule has 2 fully saturated rings. The first kappa shape index (κ1) is 18.9. The van der Waals surface area contributed by atoms with Gasteiger partial charge in [-0.25, -0.2) is 8.42 Å². The Labute approximate surface area is 161 Å². The summed E-state index contributed by atoms with van der Waals surface area (Å²) in [5, 5.41) is 0. The van der Waals surface area contributed by atoms with E-state index in [9.17, 15) is 22.0 Å². The molecule has 0 saturated carbocycles. The molecular weight excluding hydrogens is 388 g/mol. The van der Waals surface area contributed by atoms with Crippen LogP contribution in [0.2, 0.25) is 0 Å². The summed E-state index contributed by atoms with van der Waals surface area (Å²) in [4.78, 5) is 14.0. The monoisotopic (exact) mass is 407 g/mol. The zero-order valence-electron chi connectivity index (χ0n) is 14.9. The molecule has 2 saturated heterocycles. The van der Waals surface area contributed by atoms with Crippen molar-refractivity contribution in [2.45, 2.75) is 25.5 Å². The number of alkyl halides is 2. The molecule has 2 aromatic rings. The lowest BCUT2D eigenvalue weighted by atomic mass is 10.0. The highest BCUT2D eigenvalue weighted by Crippen LogP contribution is 2.39. The Kier molecular flexibility index (Phi) is 4.82. The molecule has 2 atom stereocenters. The summed E-state index contributed by atoms with van der Waals surface area (Å²) in [6.45, 7) is -2.96. The molecule has 5 nitrogen and oxygen atoms in total. The van der Waals surface area contributed by atoms with Gasteiger partial charge >= 0.3 is 6.61 Å². The van der Waals surface area contributed by atoms with Crippen molar-refractivity contribution in [2.75, 3.05) is 16.4 Å². The van der Waals surface area contributed by atoms with Crippen LogP contribution in [0, 0.1) is 5.92 Å². The van der Waals surface area contributed by atoms with Gasteiger partial charge in [-0.05, 0) is 23.8 Å². The number of nitrogens with zero attached hydrogens (tertiary/aromatic N) is 1. The number of benzene rings is 2. The van der Waals surface area contributed by atoms with Gasteiger partial charge in [-0.3, -0.25) is 4.79 Å². The number of sulfone groups is 1. The first-order valence-electron chi connectivity index (χ1n) is 8.96. The van der Waals surface area contributed by atoms with Crippen LogP contribution in [-0.2, 0) is 21.1 Å². The molecule has 148 valence electrons. The van der Waals surface area contributed by atoms with Gasteiger partial charge in [-0.1, -0.05) is 30.3 Å². The summed E-state index contributed by atoms with van der Waals surface area (Å²) >= 11 is 0. The normalized spacial score (nSPS) is 23.2. The molecule has 8 heteroatoms. The SMILES string of the molecule is O=C1CC2CS(=O)(=O)CC2N1c1ccc(OC(F)F)c(Cc2ccccc2)c1. The average molecular weight is 407 g/mol. The molecule has 0 aliphatic carbocycles. The van der Waals surface area contributed by atoms with Gasteiger partial charge in [-0.2, -0.15) is 8.78 Å². The summed E-state index contributed by atoms with van der Waals surface area (Å²) in [6.07, 6.45) is 0.540. The number of halogens is 2. The van der Waals surface area contributed by atoms with E-state index >= 15 is 0 Å². The highest BCUT2D eigenvalue weighted by atomic mass is 32.2. The Morgan fingerprint density at radius 2 is 1.86 bits per heavy atom. The third-order valence-electron chi connectivity index (χ3n) is 5.25. The summed E-state index contributed by atoms with van der Waals surface area (Å²) in [7, 11) is -3.17. The Hall–Kier alpha value is -2.48. The second-order valence-corrected chi connectivity index (χ2v) is 9.36. The molecule has 1 amide bonds. The molecule has 0 bridgehead atoms. The van der Waals surface area contributed by atoms with Crippen LogP contribution in [0.1, 0.15) is 17.5 Å². The molecule has 2 heterocycles. The molecule has 2 aliphatic rings. The molecular formula is C20H19F2NO4S. The maximum absolute atomic E-state index is 12.8. The van der Waals surface area contributed by atoms with Gasteiger partial charge in [0.15, 0.2) is 9.84 Å². The number of ether oxygens (including phenoxy) is 1. The fourth-order valence-electron chi connectivity index (χ4n) is 4.11. The smallest absolute Gasteiger partial charge is 0.387 e. The Morgan fingerprint density at radius 3 is 2.57 bits per heavy atom. The van der Waals surface area contributed by atoms with Gasteiger partial charge in [0, 0.05) is 30.0 Å². The van der Waals surface area contributed by atoms with Crippen molar-refractivity contribution in [1.29, 1.82) is 0 Å². The van der Waals surface area contributed by atoms with E-state index in [4.69, 9.17) is 0 Å². The Bertz CT molecular complexity index is 995. The van der Waals surface area contributed by atoms with Crippen LogP contribution in [0.5, 0.6) is 5.75 Å². The summed E-state index contributed by atoms with van der Waals surface area (Å²) in [6, 6.07) is 13.5. The van der Waals surface area contributed by atoms with Crippen LogP contribution in [0.4, 0.5) is 14.5 Å². The zero-order chi connectivity index (χ0) is 19.9. The van der Waals surface area contributed by atoms with E-state index in [0.717, 1.165) is 5.56 Å². The lowest BCUT2D eigenvalue weighted by Gasteiger charge is -2.24. The number of hydrogen-bond donors (Lipinski definition) is 0. The molecule has 28 heavy (non-hydrogen) atoms. The van der Waals surface area contributed by atoms with Crippen LogP contribution in [-0.4, -0.2) is 38.5 Å². The van der Waals surface area contributed by atoms with Gasteiger partial charge in [-0.15, -0.1) is 0 Å². The van der Waals surface area contributed by atoms with Crippen molar-refractivity contribution >= 4 is 21.4 Å². The number of anilines is 1. The standard InChI is InChI=1S/C20H19F2NO4S/c21-20(22)27-18-7-6-16(9-14(18)8-13-4-2-1-3-5-13)23-17-12-28(25,26)11-15(17)10-19(23)24/h1-7,9,15,17,20H,8,10-12H2. The first-order chi connectivity index (χ1) is 13.3. The van der Waals surface area contributed by atoms with Gasteiger partial charge in [0.05, 0.1) is 17.5 Å². The predicted molar refractivity (Wildman–Crippen MR) is 100 cm³/mol. The summed E-state index contributed by atoms with van der Waals surface area (Å²) in [5.74, 6) is -0.356. The van der Waals surface area contributed by atoms with Crippen molar-refractivity contribution in [2.24, 2.45) is 5.92 Å². The van der Waals surface area contributed by atoms with E-state index in [1.165, 1.54) is 17.0 Å².